The van der Waals surface area contributed by atoms with Gasteiger partial charge in [0.2, 0.25) is 11.8 Å². The van der Waals surface area contributed by atoms with Gasteiger partial charge in [-0.3, -0.25) is 9.69 Å². The molecule has 0 unspecified atom stereocenters. The third-order valence-electron chi connectivity index (χ3n) is 4.97. The molecule has 1 amide bonds. The molecule has 6 heteroatoms. The van der Waals surface area contributed by atoms with Gasteiger partial charge in [0.1, 0.15) is 11.5 Å². The Morgan fingerprint density at radius 1 is 1.18 bits per heavy atom. The Bertz CT molecular complexity index is 815. The highest BCUT2D eigenvalue weighted by Gasteiger charge is 2.25. The maximum Gasteiger partial charge on any atom is 0.230 e. The SMILES string of the molecule is COc1ccccc1-c1nc(CC(=O)N2CCN(CC(C)(C)C)CC2)c(C)o1. The van der Waals surface area contributed by atoms with E-state index in [1.54, 1.807) is 7.11 Å². The summed E-state index contributed by atoms with van der Waals surface area (Å²) in [6.45, 7) is 13.0. The number of rotatable bonds is 5. The van der Waals surface area contributed by atoms with Crippen LogP contribution in [-0.2, 0) is 11.2 Å². The minimum atomic E-state index is 0.110. The second kappa shape index (κ2) is 8.35. The fraction of sp³-hybridized carbons (Fsp3) is 0.545. The highest BCUT2D eigenvalue weighted by molar-refractivity contribution is 5.79. The average Bonchev–Trinajstić information content (AvgIpc) is 3.01. The molecule has 1 aromatic heterocycles. The molecular weight excluding hydrogens is 354 g/mol. The van der Waals surface area contributed by atoms with Crippen LogP contribution in [0.2, 0.25) is 0 Å². The highest BCUT2D eigenvalue weighted by Crippen LogP contribution is 2.30. The molecule has 152 valence electrons. The van der Waals surface area contributed by atoms with Crippen LogP contribution < -0.4 is 4.74 Å². The predicted molar refractivity (Wildman–Crippen MR) is 109 cm³/mol. The summed E-state index contributed by atoms with van der Waals surface area (Å²) in [6, 6.07) is 7.60. The number of amides is 1. The first kappa shape index (κ1) is 20.4. The number of aryl methyl sites for hydroxylation is 1. The van der Waals surface area contributed by atoms with E-state index in [4.69, 9.17) is 9.15 Å². The number of hydrogen-bond acceptors (Lipinski definition) is 5. The summed E-state index contributed by atoms with van der Waals surface area (Å²) in [7, 11) is 1.62. The molecule has 0 radical (unpaired) electrons. The standard InChI is InChI=1S/C22H31N3O3/c1-16-18(23-21(28-16)17-8-6-7-9-19(17)27-5)14-20(26)25-12-10-24(11-13-25)15-22(2,3)4/h6-9H,10-15H2,1-5H3. The first-order chi connectivity index (χ1) is 13.3. The van der Waals surface area contributed by atoms with Crippen LogP contribution in [-0.4, -0.2) is 60.5 Å². The quantitative estimate of drug-likeness (QED) is 0.790. The van der Waals surface area contributed by atoms with Gasteiger partial charge in [0, 0.05) is 32.7 Å². The maximum absolute atomic E-state index is 12.8. The van der Waals surface area contributed by atoms with Gasteiger partial charge in [-0.2, -0.15) is 0 Å². The number of para-hydroxylation sites is 1. The predicted octanol–water partition coefficient (Wildman–Crippen LogP) is 3.39. The second-order valence-electron chi connectivity index (χ2n) is 8.62. The molecule has 0 atom stereocenters. The zero-order chi connectivity index (χ0) is 20.3. The molecular formula is C22H31N3O3. The van der Waals surface area contributed by atoms with Crippen molar-refractivity contribution in [3.63, 3.8) is 0 Å². The zero-order valence-electron chi connectivity index (χ0n) is 17.6. The van der Waals surface area contributed by atoms with Gasteiger partial charge in [-0.05, 0) is 24.5 Å². The summed E-state index contributed by atoms with van der Waals surface area (Å²) in [6.07, 6.45) is 0.268. The fourth-order valence-electron chi connectivity index (χ4n) is 3.61. The number of carbonyl (C=O) groups excluding carboxylic acids is 1. The molecule has 2 heterocycles. The van der Waals surface area contributed by atoms with Gasteiger partial charge in [-0.25, -0.2) is 4.98 Å². The lowest BCUT2D eigenvalue weighted by Gasteiger charge is -2.37. The van der Waals surface area contributed by atoms with E-state index in [1.807, 2.05) is 36.1 Å². The smallest absolute Gasteiger partial charge is 0.230 e. The number of ether oxygens (including phenoxy) is 1. The number of nitrogens with zero attached hydrogens (tertiary/aromatic N) is 3. The largest absolute Gasteiger partial charge is 0.496 e. The minimum absolute atomic E-state index is 0.110. The van der Waals surface area contributed by atoms with Crippen molar-refractivity contribution in [3.05, 3.63) is 35.7 Å². The van der Waals surface area contributed by atoms with Crippen molar-refractivity contribution < 1.29 is 13.9 Å². The van der Waals surface area contributed by atoms with Crippen molar-refractivity contribution in [1.29, 1.82) is 0 Å². The van der Waals surface area contributed by atoms with E-state index in [0.29, 0.717) is 23.1 Å². The molecule has 1 saturated heterocycles. The molecule has 28 heavy (non-hydrogen) atoms. The average molecular weight is 386 g/mol. The third kappa shape index (κ3) is 4.93. The highest BCUT2D eigenvalue weighted by atomic mass is 16.5. The van der Waals surface area contributed by atoms with Crippen LogP contribution in [0.15, 0.2) is 28.7 Å². The molecule has 0 aliphatic carbocycles. The van der Waals surface area contributed by atoms with Crippen molar-refractivity contribution >= 4 is 5.91 Å². The Balaban J connectivity index is 1.63. The van der Waals surface area contributed by atoms with Gasteiger partial charge in [-0.15, -0.1) is 0 Å². The van der Waals surface area contributed by atoms with E-state index in [0.717, 1.165) is 38.3 Å². The van der Waals surface area contributed by atoms with Crippen molar-refractivity contribution in [2.24, 2.45) is 5.41 Å². The summed E-state index contributed by atoms with van der Waals surface area (Å²) in [5.41, 5.74) is 1.77. The number of benzene rings is 1. The first-order valence-corrected chi connectivity index (χ1v) is 9.86. The minimum Gasteiger partial charge on any atom is -0.496 e. The van der Waals surface area contributed by atoms with Crippen LogP contribution in [0.3, 0.4) is 0 Å². The van der Waals surface area contributed by atoms with Crippen LogP contribution in [0.25, 0.3) is 11.5 Å². The number of hydrogen-bond donors (Lipinski definition) is 0. The number of oxazole rings is 1. The zero-order valence-corrected chi connectivity index (χ0v) is 17.6. The Morgan fingerprint density at radius 3 is 2.50 bits per heavy atom. The molecule has 1 fully saturated rings. The van der Waals surface area contributed by atoms with Gasteiger partial charge in [0.25, 0.3) is 0 Å². The normalized spacial score (nSPS) is 15.7. The summed E-state index contributed by atoms with van der Waals surface area (Å²) < 4.78 is 11.2. The molecule has 0 saturated carbocycles. The molecule has 0 bridgehead atoms. The van der Waals surface area contributed by atoms with Crippen LogP contribution in [0.5, 0.6) is 5.75 Å². The van der Waals surface area contributed by atoms with Crippen LogP contribution >= 0.6 is 0 Å². The molecule has 1 aromatic carbocycles. The molecule has 1 aliphatic rings. The van der Waals surface area contributed by atoms with E-state index < -0.39 is 0 Å². The number of aromatic nitrogens is 1. The van der Waals surface area contributed by atoms with Crippen molar-refractivity contribution in [3.8, 4) is 17.2 Å². The Kier molecular flexibility index (Phi) is 6.08. The van der Waals surface area contributed by atoms with Gasteiger partial charge in [0.05, 0.1) is 24.8 Å². The molecule has 3 rings (SSSR count). The summed E-state index contributed by atoms with van der Waals surface area (Å²) >= 11 is 0. The van der Waals surface area contributed by atoms with E-state index in [9.17, 15) is 4.79 Å². The monoisotopic (exact) mass is 385 g/mol. The summed E-state index contributed by atoms with van der Waals surface area (Å²) in [5.74, 6) is 1.99. The third-order valence-corrected chi connectivity index (χ3v) is 4.97. The van der Waals surface area contributed by atoms with Gasteiger partial charge < -0.3 is 14.1 Å². The fourth-order valence-corrected chi connectivity index (χ4v) is 3.61. The number of carbonyl (C=O) groups is 1. The Labute approximate surface area is 167 Å². The Hall–Kier alpha value is -2.34. The first-order valence-electron chi connectivity index (χ1n) is 9.86. The van der Waals surface area contributed by atoms with Crippen LogP contribution in [0.4, 0.5) is 0 Å². The van der Waals surface area contributed by atoms with E-state index >= 15 is 0 Å². The van der Waals surface area contributed by atoms with Crippen LogP contribution in [0.1, 0.15) is 32.2 Å². The van der Waals surface area contributed by atoms with Crippen molar-refractivity contribution in [2.45, 2.75) is 34.1 Å². The van der Waals surface area contributed by atoms with Gasteiger partial charge >= 0.3 is 0 Å². The molecule has 6 nitrogen and oxygen atoms in total. The number of methoxy groups -OCH3 is 1. The number of piperazine rings is 1. The molecule has 1 aliphatic heterocycles. The van der Waals surface area contributed by atoms with E-state index in [-0.39, 0.29) is 17.7 Å². The lowest BCUT2D eigenvalue weighted by molar-refractivity contribution is -0.132. The van der Waals surface area contributed by atoms with Crippen LogP contribution in [0, 0.1) is 12.3 Å². The summed E-state index contributed by atoms with van der Waals surface area (Å²) in [4.78, 5) is 21.7. The second-order valence-corrected chi connectivity index (χ2v) is 8.62. The lowest BCUT2D eigenvalue weighted by Crippen LogP contribution is -2.50. The Morgan fingerprint density at radius 2 is 1.86 bits per heavy atom. The molecule has 2 aromatic rings. The summed E-state index contributed by atoms with van der Waals surface area (Å²) in [5, 5.41) is 0. The van der Waals surface area contributed by atoms with Crippen molar-refractivity contribution in [2.75, 3.05) is 39.8 Å². The van der Waals surface area contributed by atoms with Gasteiger partial charge in [-0.1, -0.05) is 32.9 Å². The topological polar surface area (TPSA) is 58.8 Å². The van der Waals surface area contributed by atoms with E-state index in [2.05, 4.69) is 30.7 Å². The molecule has 0 N–H and O–H groups in total. The van der Waals surface area contributed by atoms with Crippen molar-refractivity contribution in [1.82, 2.24) is 14.8 Å². The van der Waals surface area contributed by atoms with Gasteiger partial charge in [0.15, 0.2) is 0 Å². The molecule has 0 spiro atoms. The van der Waals surface area contributed by atoms with E-state index in [1.165, 1.54) is 0 Å². The maximum atomic E-state index is 12.8. The lowest BCUT2D eigenvalue weighted by atomic mass is 9.96.